The van der Waals surface area contributed by atoms with Gasteiger partial charge in [-0.25, -0.2) is 0 Å². The summed E-state index contributed by atoms with van der Waals surface area (Å²) < 4.78 is 6.46. The van der Waals surface area contributed by atoms with Crippen molar-refractivity contribution in [1.82, 2.24) is 0 Å². The van der Waals surface area contributed by atoms with Gasteiger partial charge < -0.3 is 10.2 Å². The molecule has 1 rings (SSSR count). The van der Waals surface area contributed by atoms with Gasteiger partial charge in [0.1, 0.15) is 0 Å². The Labute approximate surface area is 127 Å². The number of rotatable bonds is 7. The monoisotopic (exact) mass is 322 g/mol. The zero-order chi connectivity index (χ0) is 14.5. The predicted molar refractivity (Wildman–Crippen MR) is 86.7 cm³/mol. The van der Waals surface area contributed by atoms with Crippen LogP contribution in [0, 0.1) is 5.92 Å². The molecule has 0 radical (unpaired) electrons. The van der Waals surface area contributed by atoms with Crippen molar-refractivity contribution < 1.29 is 4.43 Å². The number of halogens is 2. The van der Waals surface area contributed by atoms with Crippen LogP contribution in [-0.4, -0.2) is 32.6 Å². The summed E-state index contributed by atoms with van der Waals surface area (Å²) in [6, 6.07) is 3.27. The molecule has 0 bridgehead atoms. The lowest BCUT2D eigenvalue weighted by Gasteiger charge is -2.37. The van der Waals surface area contributed by atoms with Crippen LogP contribution in [0.25, 0.3) is 0 Å². The molecule has 1 aliphatic heterocycles. The zero-order valence-corrected chi connectivity index (χ0v) is 14.4. The Kier molecular flexibility index (Phi) is 7.04. The second-order valence-electron chi connectivity index (χ2n) is 4.92. The van der Waals surface area contributed by atoms with Gasteiger partial charge in [-0.2, -0.15) is 0 Å². The molecule has 6 heteroatoms. The summed E-state index contributed by atoms with van der Waals surface area (Å²) in [6.07, 6.45) is 3.23. The topological polar surface area (TPSA) is 47.6 Å². The zero-order valence-electron chi connectivity index (χ0n) is 11.9. The molecule has 0 aromatic heterocycles. The smallest absolute Gasteiger partial charge is 0.192 e. The minimum absolute atomic E-state index is 0.0811. The van der Waals surface area contributed by atoms with Crippen LogP contribution in [0.1, 0.15) is 20.8 Å². The molecule has 1 heterocycles. The van der Waals surface area contributed by atoms with Crippen molar-refractivity contribution in [2.24, 2.45) is 16.6 Å². The molecular weight excluding hydrogens is 299 g/mol. The van der Waals surface area contributed by atoms with Gasteiger partial charge in [-0.05, 0) is 18.1 Å². The molecule has 19 heavy (non-hydrogen) atoms. The third-order valence-electron chi connectivity index (χ3n) is 4.06. The van der Waals surface area contributed by atoms with E-state index in [1.54, 1.807) is 12.4 Å². The summed E-state index contributed by atoms with van der Waals surface area (Å²) in [5.74, 6) is -0.0811. The number of aliphatic imine (C=N–C) groups is 1. The first-order valence-corrected chi connectivity index (χ1v) is 10.3. The van der Waals surface area contributed by atoms with Gasteiger partial charge in [0.2, 0.25) is 0 Å². The molecule has 1 aliphatic rings. The van der Waals surface area contributed by atoms with Crippen LogP contribution in [0.2, 0.25) is 18.1 Å². The Morgan fingerprint density at radius 1 is 1.37 bits per heavy atom. The molecule has 0 saturated heterocycles. The van der Waals surface area contributed by atoms with Crippen LogP contribution in [0.15, 0.2) is 16.2 Å². The Bertz CT molecular complexity index is 337. The lowest BCUT2D eigenvalue weighted by Crippen LogP contribution is -2.48. The van der Waals surface area contributed by atoms with Gasteiger partial charge in [-0.1, -0.05) is 32.4 Å². The second kappa shape index (κ2) is 7.79. The number of hydrogen-bond donors (Lipinski definition) is 1. The average Bonchev–Trinajstić information content (AvgIpc) is 2.43. The molecule has 0 saturated carbocycles. The standard InChI is InChI=1S/C13H24Cl2N2OSi/c1-4-19(5-2,6-3)18-12(7-16)13-10(14)8-17-9-11(13)15/h8-10,12-13H,4-7,16H2,1-3H3. The Hall–Kier alpha value is 0.127. The first-order valence-electron chi connectivity index (χ1n) is 6.94. The largest absolute Gasteiger partial charge is 0.412 e. The summed E-state index contributed by atoms with van der Waals surface area (Å²) in [7, 11) is -1.71. The normalized spacial score (nSPS) is 25.3. The van der Waals surface area contributed by atoms with E-state index in [-0.39, 0.29) is 17.4 Å². The highest BCUT2D eigenvalue weighted by atomic mass is 35.5. The van der Waals surface area contributed by atoms with Gasteiger partial charge in [0.05, 0.1) is 11.5 Å². The van der Waals surface area contributed by atoms with Crippen molar-refractivity contribution in [2.45, 2.75) is 50.4 Å². The van der Waals surface area contributed by atoms with Crippen LogP contribution in [-0.2, 0) is 4.43 Å². The highest BCUT2D eigenvalue weighted by molar-refractivity contribution is 6.73. The van der Waals surface area contributed by atoms with Crippen molar-refractivity contribution in [1.29, 1.82) is 0 Å². The Morgan fingerprint density at radius 2 is 1.95 bits per heavy atom. The molecule has 0 fully saturated rings. The quantitative estimate of drug-likeness (QED) is 0.573. The van der Waals surface area contributed by atoms with Gasteiger partial charge in [-0.15, -0.1) is 11.6 Å². The van der Waals surface area contributed by atoms with E-state index in [1.165, 1.54) is 0 Å². The van der Waals surface area contributed by atoms with E-state index < -0.39 is 8.32 Å². The molecule has 0 amide bonds. The number of hydrogen-bond acceptors (Lipinski definition) is 3. The van der Waals surface area contributed by atoms with Gasteiger partial charge in [0, 0.05) is 29.9 Å². The summed E-state index contributed by atoms with van der Waals surface area (Å²) in [4.78, 5) is 4.03. The minimum atomic E-state index is -1.71. The van der Waals surface area contributed by atoms with Crippen molar-refractivity contribution in [3.63, 3.8) is 0 Å². The van der Waals surface area contributed by atoms with E-state index in [0.29, 0.717) is 11.6 Å². The number of alkyl halides is 1. The fourth-order valence-corrected chi connectivity index (χ4v) is 6.14. The summed E-state index contributed by atoms with van der Waals surface area (Å²) >= 11 is 12.6. The van der Waals surface area contributed by atoms with Crippen molar-refractivity contribution in [3.05, 3.63) is 11.2 Å². The predicted octanol–water partition coefficient (Wildman–Crippen LogP) is 3.72. The highest BCUT2D eigenvalue weighted by Gasteiger charge is 2.38. The van der Waals surface area contributed by atoms with E-state index >= 15 is 0 Å². The van der Waals surface area contributed by atoms with Crippen LogP contribution < -0.4 is 5.73 Å². The van der Waals surface area contributed by atoms with Gasteiger partial charge in [0.15, 0.2) is 8.32 Å². The lowest BCUT2D eigenvalue weighted by molar-refractivity contribution is 0.152. The molecule has 3 atom stereocenters. The van der Waals surface area contributed by atoms with Crippen LogP contribution in [0.3, 0.4) is 0 Å². The van der Waals surface area contributed by atoms with E-state index in [4.69, 9.17) is 33.4 Å². The first kappa shape index (κ1) is 17.2. The Morgan fingerprint density at radius 3 is 2.37 bits per heavy atom. The molecular formula is C13H24Cl2N2OSi. The fourth-order valence-electron chi connectivity index (χ4n) is 2.50. The molecule has 0 aliphatic carbocycles. The molecule has 3 unspecified atom stereocenters. The van der Waals surface area contributed by atoms with E-state index in [2.05, 4.69) is 25.8 Å². The molecule has 0 aromatic rings. The van der Waals surface area contributed by atoms with Crippen LogP contribution >= 0.6 is 23.2 Å². The van der Waals surface area contributed by atoms with E-state index in [1.807, 2.05) is 0 Å². The third-order valence-corrected chi connectivity index (χ3v) is 9.46. The van der Waals surface area contributed by atoms with E-state index in [9.17, 15) is 0 Å². The molecule has 0 spiro atoms. The van der Waals surface area contributed by atoms with Crippen molar-refractivity contribution >= 4 is 37.7 Å². The minimum Gasteiger partial charge on any atom is -0.412 e. The van der Waals surface area contributed by atoms with Crippen LogP contribution in [0.4, 0.5) is 0 Å². The molecule has 0 aromatic carbocycles. The third kappa shape index (κ3) is 4.05. The number of nitrogens with two attached hydrogens (primary N) is 1. The van der Waals surface area contributed by atoms with Crippen molar-refractivity contribution in [2.75, 3.05) is 6.54 Å². The summed E-state index contributed by atoms with van der Waals surface area (Å²) in [5, 5.41) is 0.396. The van der Waals surface area contributed by atoms with Crippen molar-refractivity contribution in [3.8, 4) is 0 Å². The fraction of sp³-hybridized carbons (Fsp3) is 0.769. The van der Waals surface area contributed by atoms with Gasteiger partial charge in [-0.3, -0.25) is 4.99 Å². The maximum atomic E-state index is 6.46. The second-order valence-corrected chi connectivity index (χ2v) is 10.6. The molecule has 3 nitrogen and oxygen atoms in total. The summed E-state index contributed by atoms with van der Waals surface area (Å²) in [6.45, 7) is 7.03. The Balaban J connectivity index is 2.89. The van der Waals surface area contributed by atoms with Gasteiger partial charge >= 0.3 is 0 Å². The lowest BCUT2D eigenvalue weighted by atomic mass is 9.97. The van der Waals surface area contributed by atoms with Gasteiger partial charge in [0.25, 0.3) is 0 Å². The first-order chi connectivity index (χ1) is 9.03. The SMILES string of the molecule is CC[Si](CC)(CC)OC(CN)C1C(Cl)=CN=CC1Cl. The molecule has 2 N–H and O–H groups in total. The highest BCUT2D eigenvalue weighted by Crippen LogP contribution is 2.33. The number of nitrogens with zero attached hydrogens (tertiary/aromatic N) is 1. The average molecular weight is 323 g/mol. The maximum Gasteiger partial charge on any atom is 0.192 e. The molecule has 110 valence electrons. The van der Waals surface area contributed by atoms with E-state index in [0.717, 1.165) is 18.1 Å². The van der Waals surface area contributed by atoms with Crippen LogP contribution in [0.5, 0.6) is 0 Å². The summed E-state index contributed by atoms with van der Waals surface area (Å²) in [5.41, 5.74) is 5.91. The maximum absolute atomic E-state index is 6.46.